The van der Waals surface area contributed by atoms with Crippen LogP contribution in [0.5, 0.6) is 0 Å². The molecule has 2 aliphatic rings. The molecule has 1 unspecified atom stereocenters. The van der Waals surface area contributed by atoms with Gasteiger partial charge in [-0.15, -0.1) is 0 Å². The van der Waals surface area contributed by atoms with Crippen molar-refractivity contribution < 1.29 is 0 Å². The summed E-state index contributed by atoms with van der Waals surface area (Å²) in [5, 5.41) is 2.86. The third-order valence-electron chi connectivity index (χ3n) is 5.46. The highest BCUT2D eigenvalue weighted by Crippen LogP contribution is 2.21. The number of aryl methyl sites for hydroxylation is 1. The van der Waals surface area contributed by atoms with Crippen LogP contribution < -0.4 is 10.6 Å². The lowest BCUT2D eigenvalue weighted by Crippen LogP contribution is -2.32. The zero-order valence-corrected chi connectivity index (χ0v) is 15.5. The second kappa shape index (κ2) is 6.64. The summed E-state index contributed by atoms with van der Waals surface area (Å²) in [5.41, 5.74) is 5.47. The van der Waals surface area contributed by atoms with Crippen molar-refractivity contribution >= 4 is 12.2 Å². The molecule has 0 bridgehead atoms. The van der Waals surface area contributed by atoms with Crippen LogP contribution in [0.25, 0.3) is 12.2 Å². The van der Waals surface area contributed by atoms with Crippen LogP contribution in [0.2, 0.25) is 0 Å². The Labute approximate surface area is 150 Å². The maximum atomic E-state index is 4.47. The Morgan fingerprint density at radius 2 is 2.16 bits per heavy atom. The molecule has 130 valence electrons. The minimum absolute atomic E-state index is 0.421. The van der Waals surface area contributed by atoms with E-state index in [0.717, 1.165) is 38.0 Å². The molecule has 0 saturated heterocycles. The fraction of sp³-hybridized carbons (Fsp3) is 0.409. The molecule has 0 fully saturated rings. The van der Waals surface area contributed by atoms with Crippen LogP contribution in [0.3, 0.4) is 0 Å². The highest BCUT2D eigenvalue weighted by atomic mass is 15.1. The number of aromatic nitrogens is 2. The van der Waals surface area contributed by atoms with E-state index in [2.05, 4.69) is 64.9 Å². The smallest absolute Gasteiger partial charge is 0.0485 e. The number of fused-ring (bicyclic) bond motifs is 3. The van der Waals surface area contributed by atoms with E-state index in [-0.39, 0.29) is 0 Å². The van der Waals surface area contributed by atoms with Crippen molar-refractivity contribution in [2.24, 2.45) is 0 Å². The van der Waals surface area contributed by atoms with E-state index in [4.69, 9.17) is 0 Å². The number of nitrogens with zero attached hydrogens (tertiary/aromatic N) is 3. The first-order valence-electron chi connectivity index (χ1n) is 9.32. The highest BCUT2D eigenvalue weighted by Gasteiger charge is 2.23. The highest BCUT2D eigenvalue weighted by molar-refractivity contribution is 5.47. The van der Waals surface area contributed by atoms with Crippen LogP contribution in [0.1, 0.15) is 41.9 Å². The number of hydrogen-bond donors (Lipinski definition) is 0. The number of likely N-dealkylation sites (N-methyl/N-ethyl adjacent to an activating group) is 1. The normalized spacial score (nSPS) is 17.9. The van der Waals surface area contributed by atoms with Gasteiger partial charge in [0.05, 0.1) is 0 Å². The molecule has 0 aromatic carbocycles. The third-order valence-corrected chi connectivity index (χ3v) is 5.46. The van der Waals surface area contributed by atoms with E-state index in [9.17, 15) is 0 Å². The van der Waals surface area contributed by atoms with Crippen molar-refractivity contribution in [3.8, 4) is 0 Å². The summed E-state index contributed by atoms with van der Waals surface area (Å²) >= 11 is 0. The predicted octanol–water partition coefficient (Wildman–Crippen LogP) is 2.50. The largest absolute Gasteiger partial charge is 0.340 e. The van der Waals surface area contributed by atoms with E-state index in [1.165, 1.54) is 21.8 Å². The summed E-state index contributed by atoms with van der Waals surface area (Å²) in [6.07, 6.45) is 14.4. The molecule has 0 amide bonds. The van der Waals surface area contributed by atoms with Crippen molar-refractivity contribution in [1.82, 2.24) is 14.5 Å². The fourth-order valence-electron chi connectivity index (χ4n) is 4.20. The van der Waals surface area contributed by atoms with Crippen molar-refractivity contribution in [3.05, 3.63) is 63.6 Å². The van der Waals surface area contributed by atoms with Gasteiger partial charge in [0.25, 0.3) is 0 Å². The Kier molecular flexibility index (Phi) is 4.34. The second-order valence-corrected chi connectivity index (χ2v) is 7.48. The summed E-state index contributed by atoms with van der Waals surface area (Å²) in [6.45, 7) is 6.59. The van der Waals surface area contributed by atoms with Crippen molar-refractivity contribution in [2.75, 3.05) is 13.6 Å². The van der Waals surface area contributed by atoms with Gasteiger partial charge in [0.1, 0.15) is 0 Å². The molecule has 1 aliphatic carbocycles. The van der Waals surface area contributed by atoms with Gasteiger partial charge in [0.2, 0.25) is 0 Å². The van der Waals surface area contributed by atoms with E-state index < -0.39 is 0 Å². The van der Waals surface area contributed by atoms with Gasteiger partial charge in [-0.3, -0.25) is 4.98 Å². The number of pyridine rings is 1. The quantitative estimate of drug-likeness (QED) is 0.860. The topological polar surface area (TPSA) is 21.1 Å². The third kappa shape index (κ3) is 3.09. The Bertz CT molecular complexity index is 916. The summed E-state index contributed by atoms with van der Waals surface area (Å²) in [7, 11) is 2.23. The minimum Gasteiger partial charge on any atom is -0.340 e. The lowest BCUT2D eigenvalue weighted by Gasteiger charge is -2.27. The number of hydrogen-bond acceptors (Lipinski definition) is 2. The van der Waals surface area contributed by atoms with Crippen LogP contribution >= 0.6 is 0 Å². The minimum atomic E-state index is 0.421. The van der Waals surface area contributed by atoms with E-state index in [1.54, 1.807) is 5.56 Å². The molecule has 2 aromatic heterocycles. The molecule has 0 radical (unpaired) electrons. The van der Waals surface area contributed by atoms with Gasteiger partial charge in [-0.1, -0.05) is 24.3 Å². The summed E-state index contributed by atoms with van der Waals surface area (Å²) in [4.78, 5) is 6.91. The van der Waals surface area contributed by atoms with Crippen molar-refractivity contribution in [1.29, 1.82) is 0 Å². The molecule has 0 saturated carbocycles. The van der Waals surface area contributed by atoms with Gasteiger partial charge in [0.15, 0.2) is 0 Å². The monoisotopic (exact) mass is 333 g/mol. The molecule has 1 atom stereocenters. The van der Waals surface area contributed by atoms with Crippen LogP contribution in [-0.4, -0.2) is 28.0 Å². The maximum absolute atomic E-state index is 4.47. The second-order valence-electron chi connectivity index (χ2n) is 7.48. The number of rotatable bonds is 3. The van der Waals surface area contributed by atoms with Crippen LogP contribution in [0.4, 0.5) is 0 Å². The average molecular weight is 333 g/mol. The molecule has 3 heteroatoms. The van der Waals surface area contributed by atoms with Gasteiger partial charge in [-0.25, -0.2) is 0 Å². The molecule has 3 nitrogen and oxygen atoms in total. The first-order valence-corrected chi connectivity index (χ1v) is 9.32. The van der Waals surface area contributed by atoms with E-state index in [1.807, 2.05) is 13.1 Å². The van der Waals surface area contributed by atoms with E-state index >= 15 is 0 Å². The molecule has 25 heavy (non-hydrogen) atoms. The van der Waals surface area contributed by atoms with Gasteiger partial charge in [-0.05, 0) is 68.6 Å². The van der Waals surface area contributed by atoms with Gasteiger partial charge in [-0.2, -0.15) is 0 Å². The predicted molar refractivity (Wildman–Crippen MR) is 104 cm³/mol. The van der Waals surface area contributed by atoms with Gasteiger partial charge < -0.3 is 9.47 Å². The zero-order chi connectivity index (χ0) is 17.4. The van der Waals surface area contributed by atoms with Crippen LogP contribution in [0, 0.1) is 6.92 Å². The van der Waals surface area contributed by atoms with Crippen LogP contribution in [0.15, 0.2) is 30.5 Å². The summed E-state index contributed by atoms with van der Waals surface area (Å²) in [6, 6.07) is 4.75. The molecule has 0 spiro atoms. The number of allylic oxidation sites excluding steroid dienone is 2. The Hall–Kier alpha value is -2.13. The summed E-state index contributed by atoms with van der Waals surface area (Å²) < 4.78 is 2.59. The first-order chi connectivity index (χ1) is 12.1. The molecular weight excluding hydrogens is 306 g/mol. The van der Waals surface area contributed by atoms with Crippen molar-refractivity contribution in [2.45, 2.75) is 45.7 Å². The summed E-state index contributed by atoms with van der Waals surface area (Å²) in [5.74, 6) is 0. The Morgan fingerprint density at radius 1 is 1.28 bits per heavy atom. The van der Waals surface area contributed by atoms with Crippen LogP contribution in [-0.2, 0) is 19.4 Å². The zero-order valence-electron chi connectivity index (χ0n) is 15.5. The van der Waals surface area contributed by atoms with E-state index in [0.29, 0.717) is 6.04 Å². The average Bonchev–Trinajstić information content (AvgIpc) is 2.73. The lowest BCUT2D eigenvalue weighted by atomic mass is 10.0. The van der Waals surface area contributed by atoms with Gasteiger partial charge in [0, 0.05) is 42.1 Å². The molecular formula is C22H27N3. The Morgan fingerprint density at radius 3 is 2.96 bits per heavy atom. The van der Waals surface area contributed by atoms with Gasteiger partial charge >= 0.3 is 0 Å². The molecule has 4 rings (SSSR count). The maximum Gasteiger partial charge on any atom is 0.0485 e. The molecule has 0 N–H and O–H groups in total. The first kappa shape index (κ1) is 16.3. The molecule has 2 aromatic rings. The fourth-order valence-corrected chi connectivity index (χ4v) is 4.20. The standard InChI is InChI=1S/C22H27N3/c1-16-9-10-18(14-23-16)13-17(2)25-21-8-6-4-5-7-19(21)20-11-12-24(3)15-22(20)25/h4,6-10,14,17H,5,11-13,15H2,1-3H3. The molecule has 1 aliphatic heterocycles. The lowest BCUT2D eigenvalue weighted by molar-refractivity contribution is 0.297. The van der Waals surface area contributed by atoms with Crippen molar-refractivity contribution in [3.63, 3.8) is 0 Å². The molecule has 3 heterocycles. The SMILES string of the molecule is Cc1ccc(CC(C)n2c3c(c4c2=CC=CCC=4)CCN(C)C3)cn1. The Balaban J connectivity index is 1.80.